The fraction of sp³-hybridized carbons (Fsp3) is 0. The maximum atomic E-state index is 8.70. The van der Waals surface area contributed by atoms with Crippen molar-refractivity contribution in [2.75, 3.05) is 0 Å². The van der Waals surface area contributed by atoms with E-state index < -0.39 is 7.12 Å². The molecule has 0 radical (unpaired) electrons. The fourth-order valence-corrected chi connectivity index (χ4v) is 13.0. The molecular weight excluding hydrogens is 1320 g/mol. The Morgan fingerprint density at radius 2 is 0.641 bits per heavy atom. The van der Waals surface area contributed by atoms with Gasteiger partial charge in [0.2, 0.25) is 0 Å². The lowest BCUT2D eigenvalue weighted by Gasteiger charge is -2.11. The van der Waals surface area contributed by atoms with Crippen LogP contribution in [0.25, 0.3) is 171 Å². The van der Waals surface area contributed by atoms with Crippen molar-refractivity contribution in [1.82, 2.24) is 29.9 Å². The summed E-state index contributed by atoms with van der Waals surface area (Å²) in [5.41, 5.74) is 17.8. The van der Waals surface area contributed by atoms with Gasteiger partial charge in [0.1, 0.15) is 16.7 Å². The Morgan fingerprint density at radius 1 is 0.291 bits per heavy atom. The molecule has 0 aliphatic carbocycles. The molecule has 4 heterocycles. The van der Waals surface area contributed by atoms with Crippen molar-refractivity contribution in [3.8, 4) is 113 Å². The minimum absolute atomic E-state index is 0.346. The van der Waals surface area contributed by atoms with Crippen LogP contribution in [0, 0.1) is 19.7 Å². The number of nitrogens with zero attached hydrogens (tertiary/aromatic N) is 9. The highest BCUT2D eigenvalue weighted by Gasteiger charge is 2.22. The van der Waals surface area contributed by atoms with Gasteiger partial charge in [-0.1, -0.05) is 266 Å². The molecule has 16 heteroatoms. The molecule has 0 bridgehead atoms. The topological polar surface area (TPSA) is 157 Å². The molecule has 0 saturated carbocycles. The molecule has 0 amide bonds. The molecule has 0 aliphatic heterocycles. The number of furan rings is 2. The summed E-state index contributed by atoms with van der Waals surface area (Å²) in [5.74, 6) is 3.63. The Morgan fingerprint density at radius 3 is 1.09 bits per heavy atom. The van der Waals surface area contributed by atoms with Crippen molar-refractivity contribution < 1.29 is 18.9 Å². The second kappa shape index (κ2) is 29.1. The van der Waals surface area contributed by atoms with Gasteiger partial charge in [0.15, 0.2) is 57.6 Å². The first-order valence-electron chi connectivity index (χ1n) is 32.6. The average Bonchev–Trinajstić information content (AvgIpc) is 1.62. The molecular formula is C87H52BCl2N9O4. The second-order valence-electron chi connectivity index (χ2n) is 23.9. The van der Waals surface area contributed by atoms with Gasteiger partial charge in [0, 0.05) is 65.5 Å². The van der Waals surface area contributed by atoms with E-state index in [0.29, 0.717) is 73.1 Å². The molecule has 0 aliphatic rings. The molecule has 486 valence electrons. The predicted octanol–water partition coefficient (Wildman–Crippen LogP) is 22.5. The molecule has 0 fully saturated rings. The SMILES string of the molecule is Clc1cc(Cl)c2oc3cccc(-c4cccc(-c5nc(-c6ccccc6)nc(-c6ccccc6)n5)c4)c3c2c1.[C-]#[N+]c1cccc(-c2cc(-c3cccc([N+]#[C-])c3)c3oc4cccc(-c5cccc(-c6nc(-c7ccccc7)nc(-c7ccccc7)n6)c5)c4c3c2)c1.[C-]#[N+]c1cccc(B(O)O)c1. The smallest absolute Gasteiger partial charge is 0.455 e. The number of fused-ring (bicyclic) bond motifs is 6. The van der Waals surface area contributed by atoms with Crippen molar-refractivity contribution in [1.29, 1.82) is 0 Å². The van der Waals surface area contributed by atoms with Crippen LogP contribution in [0.3, 0.4) is 0 Å². The van der Waals surface area contributed by atoms with Crippen molar-refractivity contribution in [3.05, 3.63) is 348 Å². The standard InChI is InChI=1S/C47H27N5O.C33H19Cl2N3O.C7H6BNO2/c1-48-37-21-10-17-32(26-37)36-28-40(34-19-11-22-38(27-34)49-2)44-41(29-36)43-39(23-12-24-42(43)53-44)33-18-9-20-35(25-33)47-51-45(30-13-5-3-6-14-30)50-46(52-47)31-15-7-4-8-16-31;34-24-18-26-29-25(15-8-16-28(29)39-30(26)27(35)19-24)22-13-7-14-23(17-22)33-37-31(20-9-3-1-4-10-20)36-32(38-33)21-11-5-2-6-12-21;1-9-7-4-2-3-6(5-7)8(10)11/h3-29H;1-19H;2-5,10-11H. The number of hydrogen-bond acceptors (Lipinski definition) is 10. The van der Waals surface area contributed by atoms with Crippen molar-refractivity contribution in [3.63, 3.8) is 0 Å². The summed E-state index contributed by atoms with van der Waals surface area (Å²) in [6.07, 6.45) is 0. The van der Waals surface area contributed by atoms with E-state index in [1.54, 1.807) is 30.3 Å². The minimum atomic E-state index is -1.49. The van der Waals surface area contributed by atoms with Crippen LogP contribution < -0.4 is 5.46 Å². The van der Waals surface area contributed by atoms with Gasteiger partial charge in [-0.05, 0) is 105 Å². The lowest BCUT2D eigenvalue weighted by molar-refractivity contribution is 0.426. The largest absolute Gasteiger partial charge is 0.487 e. The Hall–Kier alpha value is -13.5. The van der Waals surface area contributed by atoms with Gasteiger partial charge in [-0.3, -0.25) is 0 Å². The van der Waals surface area contributed by atoms with E-state index in [4.69, 9.17) is 91.7 Å². The third-order valence-corrected chi connectivity index (χ3v) is 17.8. The maximum Gasteiger partial charge on any atom is 0.487 e. The monoisotopic (exact) mass is 1370 g/mol. The molecule has 0 unspecified atom stereocenters. The molecule has 4 aromatic heterocycles. The molecule has 2 N–H and O–H groups in total. The number of halogens is 2. The predicted molar refractivity (Wildman–Crippen MR) is 414 cm³/mol. The highest BCUT2D eigenvalue weighted by atomic mass is 35.5. The third kappa shape index (κ3) is 13.9. The lowest BCUT2D eigenvalue weighted by atomic mass is 9.80. The van der Waals surface area contributed by atoms with Crippen LogP contribution in [0.1, 0.15) is 0 Å². The first-order chi connectivity index (χ1) is 50.5. The number of rotatable bonds is 11. The molecule has 17 aromatic rings. The van der Waals surface area contributed by atoms with Gasteiger partial charge >= 0.3 is 7.12 Å². The minimum Gasteiger partial charge on any atom is -0.455 e. The first-order valence-corrected chi connectivity index (χ1v) is 33.3. The van der Waals surface area contributed by atoms with E-state index in [1.165, 1.54) is 6.07 Å². The molecule has 0 saturated heterocycles. The molecule has 13 aromatic carbocycles. The van der Waals surface area contributed by atoms with Crippen LogP contribution in [0.4, 0.5) is 17.1 Å². The van der Waals surface area contributed by atoms with Gasteiger partial charge in [-0.15, -0.1) is 0 Å². The highest BCUT2D eigenvalue weighted by molar-refractivity contribution is 6.58. The van der Waals surface area contributed by atoms with Crippen LogP contribution in [-0.4, -0.2) is 47.1 Å². The van der Waals surface area contributed by atoms with Crippen molar-refractivity contribution >= 4 is 96.7 Å². The third-order valence-electron chi connectivity index (χ3n) is 17.3. The number of benzene rings is 13. The highest BCUT2D eigenvalue weighted by Crippen LogP contribution is 2.46. The van der Waals surface area contributed by atoms with Crippen LogP contribution in [0.15, 0.2) is 312 Å². The van der Waals surface area contributed by atoms with Crippen LogP contribution in [0.5, 0.6) is 0 Å². The van der Waals surface area contributed by atoms with Crippen LogP contribution in [-0.2, 0) is 0 Å². The van der Waals surface area contributed by atoms with Gasteiger partial charge in [-0.25, -0.2) is 44.4 Å². The van der Waals surface area contributed by atoms with E-state index in [9.17, 15) is 0 Å². The zero-order valence-electron chi connectivity index (χ0n) is 54.4. The Kier molecular flexibility index (Phi) is 18.5. The van der Waals surface area contributed by atoms with Crippen LogP contribution >= 0.6 is 23.2 Å². The number of aromatic nitrogens is 6. The Balaban J connectivity index is 0.000000149. The summed E-state index contributed by atoms with van der Waals surface area (Å²) < 4.78 is 12.8. The molecule has 0 atom stereocenters. The summed E-state index contributed by atoms with van der Waals surface area (Å²) in [7, 11) is -1.49. The van der Waals surface area contributed by atoms with E-state index in [1.807, 2.05) is 218 Å². The van der Waals surface area contributed by atoms with E-state index in [-0.39, 0.29) is 0 Å². The fourth-order valence-electron chi connectivity index (χ4n) is 12.4. The Labute approximate surface area is 602 Å². The molecule has 13 nitrogen and oxygen atoms in total. The van der Waals surface area contributed by atoms with Crippen LogP contribution in [0.2, 0.25) is 10.0 Å². The molecule has 17 rings (SSSR count). The van der Waals surface area contributed by atoms with Crippen molar-refractivity contribution in [2.24, 2.45) is 0 Å². The number of hydrogen-bond donors (Lipinski definition) is 2. The second-order valence-corrected chi connectivity index (χ2v) is 24.7. The quantitative estimate of drug-likeness (QED) is 0.0943. The maximum absolute atomic E-state index is 8.70. The summed E-state index contributed by atoms with van der Waals surface area (Å²) in [4.78, 5) is 39.9. The summed E-state index contributed by atoms with van der Waals surface area (Å²) in [5, 5.41) is 22.2. The summed E-state index contributed by atoms with van der Waals surface area (Å²) in [6.45, 7) is 21.9. The molecule has 0 spiro atoms. The summed E-state index contributed by atoms with van der Waals surface area (Å²) in [6, 6.07) is 97.7. The van der Waals surface area contributed by atoms with Gasteiger partial charge < -0.3 is 18.9 Å². The van der Waals surface area contributed by atoms with Gasteiger partial charge in [0.05, 0.1) is 24.7 Å². The molecule has 103 heavy (non-hydrogen) atoms. The summed E-state index contributed by atoms with van der Waals surface area (Å²) >= 11 is 12.8. The normalized spacial score (nSPS) is 10.9. The van der Waals surface area contributed by atoms with Gasteiger partial charge in [-0.2, -0.15) is 0 Å². The average molecular weight is 1370 g/mol. The first kappa shape index (κ1) is 65.5. The van der Waals surface area contributed by atoms with E-state index in [2.05, 4.69) is 63.1 Å². The Bertz CT molecular complexity index is 6080. The lowest BCUT2D eigenvalue weighted by Crippen LogP contribution is -2.29. The zero-order valence-corrected chi connectivity index (χ0v) is 55.9. The van der Waals surface area contributed by atoms with Crippen molar-refractivity contribution in [2.45, 2.75) is 0 Å². The van der Waals surface area contributed by atoms with E-state index >= 15 is 0 Å². The zero-order chi connectivity index (χ0) is 70.3. The van der Waals surface area contributed by atoms with Gasteiger partial charge in [0.25, 0.3) is 0 Å². The van der Waals surface area contributed by atoms with E-state index in [0.717, 1.165) is 116 Å².